The summed E-state index contributed by atoms with van der Waals surface area (Å²) in [5.41, 5.74) is 8.14. The summed E-state index contributed by atoms with van der Waals surface area (Å²) in [5, 5.41) is 3.45. The Bertz CT molecular complexity index is 658. The Morgan fingerprint density at radius 2 is 2.00 bits per heavy atom. The Morgan fingerprint density at radius 3 is 2.65 bits per heavy atom. The molecule has 20 heavy (non-hydrogen) atoms. The van der Waals surface area contributed by atoms with Crippen LogP contribution >= 0.6 is 23.4 Å². The Labute approximate surface area is 127 Å². The molecule has 3 N–H and O–H groups in total. The zero-order valence-corrected chi connectivity index (χ0v) is 12.8. The molecular formula is C15H15ClN2OS. The molecule has 2 aromatic rings. The topological polar surface area (TPSA) is 55.1 Å². The van der Waals surface area contributed by atoms with Gasteiger partial charge in [0.25, 0.3) is 0 Å². The molecule has 0 saturated heterocycles. The van der Waals surface area contributed by atoms with Crippen LogP contribution in [-0.4, -0.2) is 5.91 Å². The molecule has 104 valence electrons. The summed E-state index contributed by atoms with van der Waals surface area (Å²) in [5.74, 6) is -0.137. The molecule has 0 radical (unpaired) electrons. The summed E-state index contributed by atoms with van der Waals surface area (Å²) in [6, 6.07) is 11.4. The van der Waals surface area contributed by atoms with E-state index >= 15 is 0 Å². The molecule has 0 unspecified atom stereocenters. The molecule has 0 aliphatic rings. The van der Waals surface area contributed by atoms with E-state index in [1.165, 1.54) is 6.92 Å². The molecule has 3 nitrogen and oxygen atoms in total. The summed E-state index contributed by atoms with van der Waals surface area (Å²) >= 11 is 7.56. The Morgan fingerprint density at radius 1 is 1.25 bits per heavy atom. The number of hydrogen-bond acceptors (Lipinski definition) is 3. The molecule has 0 fully saturated rings. The minimum absolute atomic E-state index is 0.137. The number of carbonyl (C=O) groups excluding carboxylic acids is 1. The molecule has 5 heteroatoms. The zero-order valence-electron chi connectivity index (χ0n) is 11.2. The van der Waals surface area contributed by atoms with Crippen LogP contribution in [0.5, 0.6) is 0 Å². The number of aryl methyl sites for hydroxylation is 1. The first kappa shape index (κ1) is 14.8. The highest BCUT2D eigenvalue weighted by Gasteiger charge is 2.06. The molecule has 0 spiro atoms. The van der Waals surface area contributed by atoms with E-state index in [-0.39, 0.29) is 5.91 Å². The van der Waals surface area contributed by atoms with E-state index in [1.54, 1.807) is 17.8 Å². The first-order chi connectivity index (χ1) is 9.45. The first-order valence-corrected chi connectivity index (χ1v) is 7.26. The van der Waals surface area contributed by atoms with Gasteiger partial charge in [0.2, 0.25) is 5.91 Å². The van der Waals surface area contributed by atoms with Crippen molar-refractivity contribution in [3.63, 3.8) is 0 Å². The van der Waals surface area contributed by atoms with Crippen LogP contribution in [0.25, 0.3) is 0 Å². The van der Waals surface area contributed by atoms with Gasteiger partial charge in [-0.15, -0.1) is 0 Å². The smallest absolute Gasteiger partial charge is 0.221 e. The van der Waals surface area contributed by atoms with Gasteiger partial charge in [-0.2, -0.15) is 0 Å². The Balaban J connectivity index is 2.27. The molecule has 2 rings (SSSR count). The lowest BCUT2D eigenvalue weighted by Crippen LogP contribution is -2.07. The van der Waals surface area contributed by atoms with Crippen LogP contribution in [0.3, 0.4) is 0 Å². The lowest BCUT2D eigenvalue weighted by atomic mass is 10.2. The van der Waals surface area contributed by atoms with Crippen LogP contribution < -0.4 is 11.1 Å². The SMILES string of the molecule is CC(=O)Nc1cc(Sc2ccc(Cl)cc2C)ccc1N. The maximum Gasteiger partial charge on any atom is 0.221 e. The van der Waals surface area contributed by atoms with E-state index in [1.807, 2.05) is 37.3 Å². The fourth-order valence-electron chi connectivity index (χ4n) is 1.75. The number of anilines is 2. The van der Waals surface area contributed by atoms with Gasteiger partial charge in [0.05, 0.1) is 11.4 Å². The molecule has 0 aromatic heterocycles. The van der Waals surface area contributed by atoms with Gasteiger partial charge in [-0.25, -0.2) is 0 Å². The van der Waals surface area contributed by atoms with E-state index in [2.05, 4.69) is 5.32 Å². The van der Waals surface area contributed by atoms with Crippen molar-refractivity contribution < 1.29 is 4.79 Å². The highest BCUT2D eigenvalue weighted by atomic mass is 35.5. The minimum Gasteiger partial charge on any atom is -0.397 e. The van der Waals surface area contributed by atoms with Crippen LogP contribution in [0.4, 0.5) is 11.4 Å². The second-order valence-electron chi connectivity index (χ2n) is 4.44. The van der Waals surface area contributed by atoms with E-state index in [4.69, 9.17) is 17.3 Å². The number of carbonyl (C=O) groups is 1. The molecular weight excluding hydrogens is 292 g/mol. The number of amides is 1. The molecule has 0 bridgehead atoms. The summed E-state index contributed by atoms with van der Waals surface area (Å²) in [6.45, 7) is 3.48. The number of hydrogen-bond donors (Lipinski definition) is 2. The van der Waals surface area contributed by atoms with Crippen molar-refractivity contribution >= 4 is 40.6 Å². The lowest BCUT2D eigenvalue weighted by molar-refractivity contribution is -0.114. The maximum absolute atomic E-state index is 11.1. The monoisotopic (exact) mass is 306 g/mol. The molecule has 0 aliphatic carbocycles. The number of benzene rings is 2. The molecule has 0 saturated carbocycles. The normalized spacial score (nSPS) is 10.3. The third-order valence-corrected chi connectivity index (χ3v) is 4.10. The van der Waals surface area contributed by atoms with Crippen molar-refractivity contribution in [3.05, 3.63) is 47.0 Å². The van der Waals surface area contributed by atoms with E-state index in [9.17, 15) is 4.79 Å². The van der Waals surface area contributed by atoms with E-state index in [0.29, 0.717) is 11.4 Å². The lowest BCUT2D eigenvalue weighted by Gasteiger charge is -2.10. The van der Waals surface area contributed by atoms with Crippen molar-refractivity contribution in [3.8, 4) is 0 Å². The van der Waals surface area contributed by atoms with E-state index < -0.39 is 0 Å². The van der Waals surface area contributed by atoms with Gasteiger partial charge in [0.15, 0.2) is 0 Å². The van der Waals surface area contributed by atoms with Gasteiger partial charge in [0.1, 0.15) is 0 Å². The van der Waals surface area contributed by atoms with Crippen LogP contribution in [0.1, 0.15) is 12.5 Å². The summed E-state index contributed by atoms with van der Waals surface area (Å²) < 4.78 is 0. The minimum atomic E-state index is -0.137. The molecule has 0 heterocycles. The molecule has 1 amide bonds. The third kappa shape index (κ3) is 3.68. The van der Waals surface area contributed by atoms with Gasteiger partial charge in [0, 0.05) is 21.7 Å². The summed E-state index contributed by atoms with van der Waals surface area (Å²) in [7, 11) is 0. The first-order valence-electron chi connectivity index (χ1n) is 6.07. The fourth-order valence-corrected chi connectivity index (χ4v) is 2.90. The Kier molecular flexibility index (Phi) is 4.57. The van der Waals surface area contributed by atoms with Gasteiger partial charge in [-0.05, 0) is 48.9 Å². The number of nitrogen functional groups attached to an aromatic ring is 1. The van der Waals surface area contributed by atoms with E-state index in [0.717, 1.165) is 20.4 Å². The van der Waals surface area contributed by atoms with Crippen molar-refractivity contribution in [1.82, 2.24) is 0 Å². The van der Waals surface area contributed by atoms with Crippen LogP contribution in [-0.2, 0) is 4.79 Å². The van der Waals surface area contributed by atoms with Crippen LogP contribution in [0.2, 0.25) is 5.02 Å². The third-order valence-electron chi connectivity index (χ3n) is 2.70. The van der Waals surface area contributed by atoms with Crippen molar-refractivity contribution in [2.75, 3.05) is 11.1 Å². The molecule has 0 aliphatic heterocycles. The van der Waals surface area contributed by atoms with Crippen molar-refractivity contribution in [2.24, 2.45) is 0 Å². The highest BCUT2D eigenvalue weighted by Crippen LogP contribution is 2.34. The molecule has 0 atom stereocenters. The van der Waals surface area contributed by atoms with Gasteiger partial charge >= 0.3 is 0 Å². The van der Waals surface area contributed by atoms with Crippen LogP contribution in [0, 0.1) is 6.92 Å². The van der Waals surface area contributed by atoms with Crippen LogP contribution in [0.15, 0.2) is 46.2 Å². The van der Waals surface area contributed by atoms with Crippen molar-refractivity contribution in [2.45, 2.75) is 23.6 Å². The van der Waals surface area contributed by atoms with Gasteiger partial charge in [-0.3, -0.25) is 4.79 Å². The maximum atomic E-state index is 11.1. The van der Waals surface area contributed by atoms with Crippen molar-refractivity contribution in [1.29, 1.82) is 0 Å². The Hall–Kier alpha value is -1.65. The zero-order chi connectivity index (χ0) is 14.7. The van der Waals surface area contributed by atoms with Gasteiger partial charge in [-0.1, -0.05) is 23.4 Å². The average molecular weight is 307 g/mol. The predicted molar refractivity (Wildman–Crippen MR) is 85.5 cm³/mol. The largest absolute Gasteiger partial charge is 0.397 e. The second kappa shape index (κ2) is 6.20. The predicted octanol–water partition coefficient (Wildman–Crippen LogP) is 4.34. The summed E-state index contributed by atoms with van der Waals surface area (Å²) in [4.78, 5) is 13.3. The second-order valence-corrected chi connectivity index (χ2v) is 5.99. The fraction of sp³-hybridized carbons (Fsp3) is 0.133. The number of halogens is 1. The number of nitrogens with two attached hydrogens (primary N) is 1. The summed E-state index contributed by atoms with van der Waals surface area (Å²) in [6.07, 6.45) is 0. The number of nitrogens with one attached hydrogen (secondary N) is 1. The molecule has 2 aromatic carbocycles. The average Bonchev–Trinajstić information content (AvgIpc) is 2.36. The quantitative estimate of drug-likeness (QED) is 0.829. The highest BCUT2D eigenvalue weighted by molar-refractivity contribution is 7.99. The van der Waals surface area contributed by atoms with Gasteiger partial charge < -0.3 is 11.1 Å². The number of rotatable bonds is 3. The standard InChI is InChI=1S/C15H15ClN2OS/c1-9-7-11(16)3-6-15(9)20-12-4-5-13(17)14(8-12)18-10(2)19/h3-8H,17H2,1-2H3,(H,18,19).